The summed E-state index contributed by atoms with van der Waals surface area (Å²) in [6.45, 7) is 1.28. The van der Waals surface area contributed by atoms with Crippen LogP contribution in [0.5, 0.6) is 0 Å². The number of thiophene rings is 1. The molecule has 7 nitrogen and oxygen atoms in total. The van der Waals surface area contributed by atoms with Crippen molar-refractivity contribution in [3.63, 3.8) is 0 Å². The van der Waals surface area contributed by atoms with Crippen molar-refractivity contribution in [2.45, 2.75) is 31.4 Å². The minimum Gasteiger partial charge on any atom is -0.392 e. The van der Waals surface area contributed by atoms with E-state index < -0.39 is 17.5 Å². The zero-order valence-corrected chi connectivity index (χ0v) is 17.5. The molecule has 158 valence electrons. The van der Waals surface area contributed by atoms with Crippen molar-refractivity contribution in [3.05, 3.63) is 57.0 Å². The van der Waals surface area contributed by atoms with Crippen LogP contribution in [0.25, 0.3) is 0 Å². The number of rotatable bonds is 3. The predicted molar refractivity (Wildman–Crippen MR) is 110 cm³/mol. The van der Waals surface area contributed by atoms with E-state index in [1.165, 1.54) is 18.2 Å². The SMILES string of the molecule is O=C(NCc1cccs1)OC1=NOC2(CCN(C(=O)c3ccc(F)c(Cl)c3)CC2)C1. The number of ether oxygens (including phenoxy) is 1. The van der Waals surface area contributed by atoms with E-state index in [-0.39, 0.29) is 16.8 Å². The molecule has 2 aromatic rings. The Morgan fingerprint density at radius 2 is 2.13 bits per heavy atom. The summed E-state index contributed by atoms with van der Waals surface area (Å²) in [4.78, 5) is 32.9. The summed E-state index contributed by atoms with van der Waals surface area (Å²) in [6.07, 6.45) is 0.870. The number of hydrogen-bond donors (Lipinski definition) is 1. The molecule has 4 rings (SSSR count). The number of oxime groups is 1. The number of halogens is 2. The van der Waals surface area contributed by atoms with Gasteiger partial charge in [0.1, 0.15) is 11.4 Å². The van der Waals surface area contributed by atoms with Crippen LogP contribution in [0.15, 0.2) is 40.9 Å². The molecule has 1 saturated heterocycles. The van der Waals surface area contributed by atoms with Crippen LogP contribution in [0.3, 0.4) is 0 Å². The van der Waals surface area contributed by atoms with E-state index in [1.807, 2.05) is 17.5 Å². The van der Waals surface area contributed by atoms with Crippen molar-refractivity contribution in [3.8, 4) is 0 Å². The van der Waals surface area contributed by atoms with Crippen LogP contribution in [0, 0.1) is 5.82 Å². The highest BCUT2D eigenvalue weighted by Gasteiger charge is 2.44. The van der Waals surface area contributed by atoms with Gasteiger partial charge in [-0.1, -0.05) is 22.8 Å². The van der Waals surface area contributed by atoms with Gasteiger partial charge < -0.3 is 19.8 Å². The Bertz CT molecular complexity index is 974. The van der Waals surface area contributed by atoms with Crippen LogP contribution in [0.1, 0.15) is 34.5 Å². The molecule has 1 fully saturated rings. The van der Waals surface area contributed by atoms with Gasteiger partial charge in [-0.3, -0.25) is 4.79 Å². The van der Waals surface area contributed by atoms with Crippen molar-refractivity contribution in [2.75, 3.05) is 13.1 Å². The van der Waals surface area contributed by atoms with E-state index in [9.17, 15) is 14.0 Å². The first-order valence-electron chi connectivity index (χ1n) is 9.42. The molecule has 1 aromatic carbocycles. The fraction of sp³-hybridized carbons (Fsp3) is 0.350. The van der Waals surface area contributed by atoms with Crippen molar-refractivity contribution >= 4 is 40.8 Å². The van der Waals surface area contributed by atoms with Crippen molar-refractivity contribution in [1.82, 2.24) is 10.2 Å². The van der Waals surface area contributed by atoms with Gasteiger partial charge in [0.15, 0.2) is 0 Å². The number of carbonyl (C=O) groups is 2. The summed E-state index contributed by atoms with van der Waals surface area (Å²) in [5.41, 5.74) is -0.243. The Labute approximate surface area is 181 Å². The monoisotopic (exact) mass is 451 g/mol. The summed E-state index contributed by atoms with van der Waals surface area (Å²) in [5, 5.41) is 8.45. The Morgan fingerprint density at radius 1 is 1.33 bits per heavy atom. The maximum atomic E-state index is 13.3. The normalized spacial score (nSPS) is 17.4. The van der Waals surface area contributed by atoms with Crippen molar-refractivity contribution in [1.29, 1.82) is 0 Å². The van der Waals surface area contributed by atoms with Gasteiger partial charge in [-0.25, -0.2) is 9.18 Å². The Hall–Kier alpha value is -2.65. The summed E-state index contributed by atoms with van der Waals surface area (Å²) >= 11 is 7.32. The molecule has 1 N–H and O–H groups in total. The number of piperidine rings is 1. The number of alkyl carbamates (subject to hydrolysis) is 1. The maximum Gasteiger partial charge on any atom is 0.414 e. The van der Waals surface area contributed by atoms with E-state index >= 15 is 0 Å². The molecule has 0 aliphatic carbocycles. The van der Waals surface area contributed by atoms with Crippen molar-refractivity contribution in [2.24, 2.45) is 5.16 Å². The highest BCUT2D eigenvalue weighted by atomic mass is 35.5. The van der Waals surface area contributed by atoms with Gasteiger partial charge in [-0.05, 0) is 29.6 Å². The van der Waals surface area contributed by atoms with Crippen LogP contribution in [-0.4, -0.2) is 41.5 Å². The van der Waals surface area contributed by atoms with Gasteiger partial charge in [-0.2, -0.15) is 0 Å². The third kappa shape index (κ3) is 4.57. The molecule has 30 heavy (non-hydrogen) atoms. The zero-order chi connectivity index (χ0) is 21.1. The molecule has 0 bridgehead atoms. The minimum absolute atomic E-state index is 0.0824. The number of nitrogens with one attached hydrogen (secondary N) is 1. The maximum absolute atomic E-state index is 13.3. The van der Waals surface area contributed by atoms with Gasteiger partial charge in [0.25, 0.3) is 5.91 Å². The molecule has 1 spiro atoms. The average Bonchev–Trinajstić information content (AvgIpc) is 3.39. The molecular formula is C20H19ClFN3O4S. The molecule has 2 amide bonds. The van der Waals surface area contributed by atoms with E-state index in [4.69, 9.17) is 21.2 Å². The summed E-state index contributed by atoms with van der Waals surface area (Å²) < 4.78 is 18.6. The number of benzene rings is 1. The number of hydrogen-bond acceptors (Lipinski definition) is 6. The largest absolute Gasteiger partial charge is 0.414 e. The Morgan fingerprint density at radius 3 is 2.83 bits per heavy atom. The number of likely N-dealkylation sites (tertiary alicyclic amines) is 1. The third-order valence-corrected chi connectivity index (χ3v) is 6.31. The van der Waals surface area contributed by atoms with Crippen LogP contribution in [-0.2, 0) is 16.1 Å². The molecule has 1 aromatic heterocycles. The summed E-state index contributed by atoms with van der Waals surface area (Å²) in [5.74, 6) is -0.548. The molecule has 10 heteroatoms. The van der Waals surface area contributed by atoms with Crippen LogP contribution in [0.2, 0.25) is 5.02 Å². The zero-order valence-electron chi connectivity index (χ0n) is 15.9. The first-order valence-corrected chi connectivity index (χ1v) is 10.7. The van der Waals surface area contributed by atoms with Gasteiger partial charge >= 0.3 is 6.09 Å². The number of nitrogens with zero attached hydrogens (tertiary/aromatic N) is 2. The van der Waals surface area contributed by atoms with Crippen molar-refractivity contribution < 1.29 is 23.6 Å². The fourth-order valence-electron chi connectivity index (χ4n) is 3.46. The molecule has 3 heterocycles. The standard InChI is InChI=1S/C20H19ClFN3O4S/c21-15-10-13(3-4-16(15)22)18(26)25-7-5-20(6-8-25)11-17(24-29-20)28-19(27)23-12-14-2-1-9-30-14/h1-4,9-10H,5-8,11-12H2,(H,23,27). The highest BCUT2D eigenvalue weighted by molar-refractivity contribution is 7.09. The average molecular weight is 452 g/mol. The van der Waals surface area contributed by atoms with E-state index in [0.717, 1.165) is 4.88 Å². The first-order chi connectivity index (χ1) is 14.4. The van der Waals surface area contributed by atoms with E-state index in [1.54, 1.807) is 16.2 Å². The van der Waals surface area contributed by atoms with Crippen LogP contribution in [0.4, 0.5) is 9.18 Å². The topological polar surface area (TPSA) is 80.2 Å². The number of amides is 2. The minimum atomic E-state index is -0.583. The van der Waals surface area contributed by atoms with Gasteiger partial charge in [-0.15, -0.1) is 11.3 Å². The van der Waals surface area contributed by atoms with Gasteiger partial charge in [0, 0.05) is 36.4 Å². The lowest BCUT2D eigenvalue weighted by Crippen LogP contribution is -2.47. The quantitative estimate of drug-likeness (QED) is 0.759. The second kappa shape index (κ2) is 8.61. The smallest absolute Gasteiger partial charge is 0.392 e. The number of carbonyl (C=O) groups excluding carboxylic acids is 2. The summed E-state index contributed by atoms with van der Waals surface area (Å²) in [7, 11) is 0. The second-order valence-electron chi connectivity index (χ2n) is 7.18. The van der Waals surface area contributed by atoms with E-state index in [0.29, 0.717) is 44.5 Å². The lowest BCUT2D eigenvalue weighted by atomic mass is 9.88. The molecule has 0 saturated carbocycles. The Balaban J connectivity index is 1.26. The van der Waals surface area contributed by atoms with E-state index in [2.05, 4.69) is 10.5 Å². The summed E-state index contributed by atoms with van der Waals surface area (Å²) in [6, 6.07) is 7.77. The van der Waals surface area contributed by atoms with Crippen LogP contribution < -0.4 is 5.32 Å². The molecule has 0 radical (unpaired) electrons. The Kier molecular flexibility index (Phi) is 5.92. The molecule has 0 atom stereocenters. The molecule has 2 aliphatic heterocycles. The molecule has 2 aliphatic rings. The molecule has 0 unspecified atom stereocenters. The lowest BCUT2D eigenvalue weighted by Gasteiger charge is -2.37. The third-order valence-electron chi connectivity index (χ3n) is 5.14. The fourth-order valence-corrected chi connectivity index (χ4v) is 4.28. The lowest BCUT2D eigenvalue weighted by molar-refractivity contribution is -0.0568. The predicted octanol–water partition coefficient (Wildman–Crippen LogP) is 4.18. The van der Waals surface area contributed by atoms with Gasteiger partial charge in [0.05, 0.1) is 18.0 Å². The first kappa shape index (κ1) is 20.6. The van der Waals surface area contributed by atoms with Crippen LogP contribution >= 0.6 is 22.9 Å². The molecular weight excluding hydrogens is 433 g/mol. The highest BCUT2D eigenvalue weighted by Crippen LogP contribution is 2.35. The second-order valence-corrected chi connectivity index (χ2v) is 8.62. The van der Waals surface area contributed by atoms with Gasteiger partial charge in [0.2, 0.25) is 5.90 Å².